The second-order valence-corrected chi connectivity index (χ2v) is 4.41. The van der Waals surface area contributed by atoms with Gasteiger partial charge in [0.25, 0.3) is 0 Å². The fourth-order valence-electron chi connectivity index (χ4n) is 1.61. The third kappa shape index (κ3) is 2.12. The molecule has 0 fully saturated rings. The average molecular weight is 262 g/mol. The molecule has 92 valence electrons. The second-order valence-electron chi connectivity index (χ2n) is 3.50. The van der Waals surface area contributed by atoms with Crippen LogP contribution in [0.3, 0.4) is 0 Å². The summed E-state index contributed by atoms with van der Waals surface area (Å²) in [5.74, 6) is -0.999. The molecule has 0 saturated heterocycles. The number of benzene rings is 1. The van der Waals surface area contributed by atoms with Crippen LogP contribution in [-0.4, -0.2) is 24.0 Å². The number of thiophene rings is 1. The van der Waals surface area contributed by atoms with Crippen molar-refractivity contribution in [1.29, 1.82) is 0 Å². The maximum Gasteiger partial charge on any atom is 0.337 e. The molecule has 0 aliphatic carbocycles. The summed E-state index contributed by atoms with van der Waals surface area (Å²) in [6, 6.07) is 8.18. The Kier molecular flexibility index (Phi) is 3.43. The van der Waals surface area contributed by atoms with Crippen LogP contribution in [0.5, 0.6) is 5.75 Å². The van der Waals surface area contributed by atoms with E-state index in [2.05, 4.69) is 0 Å². The van der Waals surface area contributed by atoms with Gasteiger partial charge in [0.05, 0.1) is 23.1 Å². The van der Waals surface area contributed by atoms with E-state index >= 15 is 0 Å². The summed E-state index contributed by atoms with van der Waals surface area (Å²) in [5.41, 5.74) is 0.390. The molecular formula is C13H10O4S. The van der Waals surface area contributed by atoms with Crippen molar-refractivity contribution in [2.45, 2.75) is 0 Å². The predicted octanol–water partition coefficient (Wildman–Crippen LogP) is 2.69. The van der Waals surface area contributed by atoms with Gasteiger partial charge in [-0.15, -0.1) is 11.3 Å². The molecule has 1 N–H and O–H groups in total. The van der Waals surface area contributed by atoms with Gasteiger partial charge in [0, 0.05) is 0 Å². The molecule has 0 atom stereocenters. The SMILES string of the molecule is COc1ccccc1C(=O)c1sccc1C(=O)O. The van der Waals surface area contributed by atoms with E-state index < -0.39 is 5.97 Å². The third-order valence-corrected chi connectivity index (χ3v) is 3.37. The van der Waals surface area contributed by atoms with E-state index in [-0.39, 0.29) is 16.2 Å². The number of carboxylic acids is 1. The van der Waals surface area contributed by atoms with Crippen LogP contribution in [0.4, 0.5) is 0 Å². The number of hydrogen-bond donors (Lipinski definition) is 1. The molecular weight excluding hydrogens is 252 g/mol. The van der Waals surface area contributed by atoms with Crippen LogP contribution >= 0.6 is 11.3 Å². The highest BCUT2D eigenvalue weighted by molar-refractivity contribution is 7.12. The lowest BCUT2D eigenvalue weighted by Gasteiger charge is -2.06. The lowest BCUT2D eigenvalue weighted by Crippen LogP contribution is -2.07. The molecule has 0 radical (unpaired) electrons. The molecule has 2 rings (SSSR count). The number of hydrogen-bond acceptors (Lipinski definition) is 4. The first kappa shape index (κ1) is 12.3. The van der Waals surface area contributed by atoms with Gasteiger partial charge in [-0.1, -0.05) is 12.1 Å². The highest BCUT2D eigenvalue weighted by Crippen LogP contribution is 2.26. The van der Waals surface area contributed by atoms with Gasteiger partial charge in [-0.25, -0.2) is 4.79 Å². The Morgan fingerprint density at radius 1 is 1.17 bits per heavy atom. The summed E-state index contributed by atoms with van der Waals surface area (Å²) >= 11 is 1.11. The Bertz CT molecular complexity index is 601. The summed E-state index contributed by atoms with van der Waals surface area (Å²) < 4.78 is 5.10. The van der Waals surface area contributed by atoms with Crippen molar-refractivity contribution in [2.75, 3.05) is 7.11 Å². The van der Waals surface area contributed by atoms with E-state index in [4.69, 9.17) is 9.84 Å². The monoisotopic (exact) mass is 262 g/mol. The van der Waals surface area contributed by atoms with Crippen LogP contribution < -0.4 is 4.74 Å². The fourth-order valence-corrected chi connectivity index (χ4v) is 2.45. The number of ether oxygens (including phenoxy) is 1. The van der Waals surface area contributed by atoms with E-state index in [1.165, 1.54) is 13.2 Å². The molecule has 0 spiro atoms. The summed E-state index contributed by atoms with van der Waals surface area (Å²) in [7, 11) is 1.47. The summed E-state index contributed by atoms with van der Waals surface area (Å²) in [6.07, 6.45) is 0. The minimum Gasteiger partial charge on any atom is -0.496 e. The van der Waals surface area contributed by atoms with Crippen molar-refractivity contribution in [3.05, 3.63) is 51.7 Å². The Balaban J connectivity index is 2.48. The first-order valence-electron chi connectivity index (χ1n) is 5.13. The third-order valence-electron chi connectivity index (χ3n) is 2.45. The number of rotatable bonds is 4. The molecule has 1 aromatic heterocycles. The van der Waals surface area contributed by atoms with Crippen LogP contribution in [0, 0.1) is 0 Å². The average Bonchev–Trinajstić information content (AvgIpc) is 2.87. The number of methoxy groups -OCH3 is 1. The molecule has 1 heterocycles. The van der Waals surface area contributed by atoms with Gasteiger partial charge in [-0.3, -0.25) is 4.79 Å². The Morgan fingerprint density at radius 3 is 2.56 bits per heavy atom. The maximum absolute atomic E-state index is 12.3. The van der Waals surface area contributed by atoms with E-state index in [0.717, 1.165) is 11.3 Å². The van der Waals surface area contributed by atoms with E-state index in [9.17, 15) is 9.59 Å². The number of ketones is 1. The van der Waals surface area contributed by atoms with Gasteiger partial charge < -0.3 is 9.84 Å². The normalized spacial score (nSPS) is 10.1. The van der Waals surface area contributed by atoms with Gasteiger partial charge in [0.1, 0.15) is 5.75 Å². The molecule has 1 aromatic carbocycles. The van der Waals surface area contributed by atoms with Crippen LogP contribution in [0.25, 0.3) is 0 Å². The summed E-state index contributed by atoms with van der Waals surface area (Å²) in [5, 5.41) is 10.6. The van der Waals surface area contributed by atoms with Crippen molar-refractivity contribution in [3.8, 4) is 5.75 Å². The first-order valence-corrected chi connectivity index (χ1v) is 6.01. The van der Waals surface area contributed by atoms with Crippen molar-refractivity contribution in [2.24, 2.45) is 0 Å². The number of carbonyl (C=O) groups is 2. The van der Waals surface area contributed by atoms with Crippen LogP contribution in [0.15, 0.2) is 35.7 Å². The fraction of sp³-hybridized carbons (Fsp3) is 0.0769. The van der Waals surface area contributed by atoms with Crippen molar-refractivity contribution >= 4 is 23.1 Å². The number of para-hydroxylation sites is 1. The highest BCUT2D eigenvalue weighted by Gasteiger charge is 2.21. The minimum atomic E-state index is -1.10. The van der Waals surface area contributed by atoms with E-state index in [1.54, 1.807) is 29.6 Å². The zero-order valence-corrected chi connectivity index (χ0v) is 10.4. The Morgan fingerprint density at radius 2 is 1.89 bits per heavy atom. The minimum absolute atomic E-state index is 0.0240. The molecule has 0 amide bonds. The van der Waals surface area contributed by atoms with Gasteiger partial charge in [-0.2, -0.15) is 0 Å². The number of aromatic carboxylic acids is 1. The van der Waals surface area contributed by atoms with Crippen molar-refractivity contribution in [1.82, 2.24) is 0 Å². The molecule has 18 heavy (non-hydrogen) atoms. The molecule has 2 aromatic rings. The highest BCUT2D eigenvalue weighted by atomic mass is 32.1. The van der Waals surface area contributed by atoms with Gasteiger partial charge in [0.2, 0.25) is 5.78 Å². The molecule has 5 heteroatoms. The topological polar surface area (TPSA) is 63.6 Å². The van der Waals surface area contributed by atoms with E-state index in [1.807, 2.05) is 0 Å². The summed E-state index contributed by atoms with van der Waals surface area (Å²) in [6.45, 7) is 0. The zero-order valence-electron chi connectivity index (χ0n) is 9.54. The summed E-state index contributed by atoms with van der Waals surface area (Å²) in [4.78, 5) is 23.5. The zero-order chi connectivity index (χ0) is 13.1. The molecule has 0 aliphatic heterocycles. The van der Waals surface area contributed by atoms with Gasteiger partial charge in [-0.05, 0) is 23.6 Å². The smallest absolute Gasteiger partial charge is 0.337 e. The standard InChI is InChI=1S/C13H10O4S/c1-17-10-5-3-2-4-8(10)11(14)12-9(13(15)16)6-7-18-12/h2-7H,1H3,(H,15,16). The predicted molar refractivity (Wildman–Crippen MR) is 67.7 cm³/mol. The lowest BCUT2D eigenvalue weighted by molar-refractivity contribution is 0.0693. The largest absolute Gasteiger partial charge is 0.496 e. The van der Waals surface area contributed by atoms with Crippen molar-refractivity contribution in [3.63, 3.8) is 0 Å². The molecule has 0 unspecified atom stereocenters. The maximum atomic E-state index is 12.3. The Labute approximate surface area is 107 Å². The molecule has 0 aliphatic rings. The van der Waals surface area contributed by atoms with E-state index in [0.29, 0.717) is 11.3 Å². The van der Waals surface area contributed by atoms with Crippen LogP contribution in [0.2, 0.25) is 0 Å². The number of carbonyl (C=O) groups excluding carboxylic acids is 1. The van der Waals surface area contributed by atoms with Crippen LogP contribution in [0.1, 0.15) is 25.6 Å². The van der Waals surface area contributed by atoms with Gasteiger partial charge >= 0.3 is 5.97 Å². The van der Waals surface area contributed by atoms with Gasteiger partial charge in [0.15, 0.2) is 0 Å². The quantitative estimate of drug-likeness (QED) is 0.860. The lowest BCUT2D eigenvalue weighted by atomic mass is 10.1. The molecule has 0 saturated carbocycles. The Hall–Kier alpha value is -2.14. The molecule has 4 nitrogen and oxygen atoms in total. The number of carboxylic acid groups (broad SMARTS) is 1. The molecule has 0 bridgehead atoms. The van der Waals surface area contributed by atoms with Crippen LogP contribution in [-0.2, 0) is 0 Å². The second kappa shape index (κ2) is 5.01. The first-order chi connectivity index (χ1) is 8.65. The van der Waals surface area contributed by atoms with Crippen molar-refractivity contribution < 1.29 is 19.4 Å².